The highest BCUT2D eigenvalue weighted by Crippen LogP contribution is 2.17. The molecule has 0 unspecified atom stereocenters. The van der Waals surface area contributed by atoms with Crippen molar-refractivity contribution < 1.29 is 9.53 Å². The molecule has 5 heteroatoms. The molecule has 1 aromatic heterocycles. The van der Waals surface area contributed by atoms with Gasteiger partial charge in [0.05, 0.1) is 23.9 Å². The lowest BCUT2D eigenvalue weighted by Gasteiger charge is -2.21. The fraction of sp³-hybridized carbons (Fsp3) is 0.667. The van der Waals surface area contributed by atoms with Crippen LogP contribution >= 0.6 is 0 Å². The molecule has 17 heavy (non-hydrogen) atoms. The first kappa shape index (κ1) is 13.7. The molecular weight excluding hydrogens is 218 g/mol. The Balaban J connectivity index is 2.79. The summed E-state index contributed by atoms with van der Waals surface area (Å²) < 4.78 is 6.74. The van der Waals surface area contributed by atoms with Crippen LogP contribution in [0.1, 0.15) is 36.8 Å². The molecule has 0 aliphatic rings. The van der Waals surface area contributed by atoms with E-state index in [1.807, 2.05) is 11.6 Å². The van der Waals surface area contributed by atoms with E-state index in [4.69, 9.17) is 4.74 Å². The molecule has 1 amide bonds. The van der Waals surface area contributed by atoms with Gasteiger partial charge in [-0.25, -0.2) is 0 Å². The Bertz CT molecular complexity index is 391. The maximum Gasteiger partial charge on any atom is 0.254 e. The number of methoxy groups -OCH3 is 1. The predicted octanol–water partition coefficient (Wildman–Crippen LogP) is 1.32. The summed E-state index contributed by atoms with van der Waals surface area (Å²) in [6.45, 7) is 9.09. The van der Waals surface area contributed by atoms with E-state index < -0.39 is 0 Å². The Kier molecular flexibility index (Phi) is 4.28. The number of rotatable bonds is 4. The molecule has 0 aromatic carbocycles. The third kappa shape index (κ3) is 3.30. The molecule has 1 N–H and O–H groups in total. The minimum Gasteiger partial charge on any atom is -0.383 e. The van der Waals surface area contributed by atoms with Crippen molar-refractivity contribution in [2.75, 3.05) is 20.3 Å². The zero-order valence-electron chi connectivity index (χ0n) is 11.2. The number of nitrogens with zero attached hydrogens (tertiary/aromatic N) is 2. The number of hydrogen-bond donors (Lipinski definition) is 1. The number of carbonyl (C=O) groups excluding carboxylic acids is 1. The maximum absolute atomic E-state index is 11.9. The largest absolute Gasteiger partial charge is 0.383 e. The van der Waals surface area contributed by atoms with Gasteiger partial charge in [0.25, 0.3) is 5.91 Å². The van der Waals surface area contributed by atoms with Crippen LogP contribution in [0.25, 0.3) is 0 Å². The number of ether oxygens (including phenoxy) is 1. The molecule has 0 radical (unpaired) electrons. The molecule has 0 aliphatic heterocycles. The van der Waals surface area contributed by atoms with Gasteiger partial charge in [-0.1, -0.05) is 0 Å². The van der Waals surface area contributed by atoms with Crippen molar-refractivity contribution in [1.29, 1.82) is 0 Å². The van der Waals surface area contributed by atoms with Crippen molar-refractivity contribution in [2.45, 2.75) is 33.2 Å². The molecule has 0 spiro atoms. The molecule has 0 fully saturated rings. The summed E-state index contributed by atoms with van der Waals surface area (Å²) in [5.74, 6) is -0.102. The molecule has 0 saturated carbocycles. The Hall–Kier alpha value is -1.36. The Morgan fingerprint density at radius 2 is 2.18 bits per heavy atom. The predicted molar refractivity (Wildman–Crippen MR) is 66.2 cm³/mol. The van der Waals surface area contributed by atoms with Gasteiger partial charge in [-0.15, -0.1) is 0 Å². The summed E-state index contributed by atoms with van der Waals surface area (Å²) >= 11 is 0. The third-order valence-electron chi connectivity index (χ3n) is 2.48. The van der Waals surface area contributed by atoms with E-state index in [-0.39, 0.29) is 11.4 Å². The summed E-state index contributed by atoms with van der Waals surface area (Å²) in [5, 5.41) is 7.05. The Labute approximate surface area is 102 Å². The van der Waals surface area contributed by atoms with Crippen LogP contribution < -0.4 is 5.32 Å². The maximum atomic E-state index is 11.9. The van der Waals surface area contributed by atoms with Gasteiger partial charge in [0.1, 0.15) is 0 Å². The minimum atomic E-state index is -0.116. The second kappa shape index (κ2) is 5.31. The zero-order valence-corrected chi connectivity index (χ0v) is 11.2. The van der Waals surface area contributed by atoms with E-state index in [2.05, 4.69) is 31.2 Å². The lowest BCUT2D eigenvalue weighted by Crippen LogP contribution is -2.28. The molecular formula is C12H21N3O2. The highest BCUT2D eigenvalue weighted by Gasteiger charge is 2.21. The molecule has 5 nitrogen and oxygen atoms in total. The topological polar surface area (TPSA) is 56.1 Å². The minimum absolute atomic E-state index is 0.102. The van der Waals surface area contributed by atoms with E-state index in [9.17, 15) is 4.79 Å². The van der Waals surface area contributed by atoms with Crippen molar-refractivity contribution in [3.05, 3.63) is 17.5 Å². The average Bonchev–Trinajstić information content (AvgIpc) is 2.59. The van der Waals surface area contributed by atoms with Gasteiger partial charge in [0, 0.05) is 19.3 Å². The molecule has 0 aliphatic carbocycles. The third-order valence-corrected chi connectivity index (χ3v) is 2.48. The highest BCUT2D eigenvalue weighted by atomic mass is 16.5. The van der Waals surface area contributed by atoms with E-state index in [0.29, 0.717) is 18.7 Å². The van der Waals surface area contributed by atoms with Gasteiger partial charge in [-0.05, 0) is 27.7 Å². The summed E-state index contributed by atoms with van der Waals surface area (Å²) in [6, 6.07) is 0. The second-order valence-corrected chi connectivity index (χ2v) is 4.97. The molecule has 96 valence electrons. The number of amides is 1. The fourth-order valence-electron chi connectivity index (χ4n) is 1.67. The van der Waals surface area contributed by atoms with Crippen LogP contribution in [0.4, 0.5) is 0 Å². The van der Waals surface area contributed by atoms with Crippen LogP contribution in [0.3, 0.4) is 0 Å². The van der Waals surface area contributed by atoms with Crippen LogP contribution in [-0.2, 0) is 10.3 Å². The zero-order chi connectivity index (χ0) is 13.1. The van der Waals surface area contributed by atoms with E-state index in [0.717, 1.165) is 5.69 Å². The first-order chi connectivity index (χ1) is 7.88. The van der Waals surface area contributed by atoms with Crippen LogP contribution in [-0.4, -0.2) is 35.9 Å². The van der Waals surface area contributed by atoms with Crippen molar-refractivity contribution in [2.24, 2.45) is 0 Å². The lowest BCUT2D eigenvalue weighted by atomic mass is 10.1. The average molecular weight is 239 g/mol. The van der Waals surface area contributed by atoms with Crippen molar-refractivity contribution in [1.82, 2.24) is 15.1 Å². The number of carbonyl (C=O) groups is 1. The fourth-order valence-corrected chi connectivity index (χ4v) is 1.67. The molecule has 1 heterocycles. The standard InChI is InChI=1S/C12H21N3O2/c1-9-10(11(16)13-6-7-17-5)8-14-15(9)12(2,3)4/h8H,6-7H2,1-5H3,(H,13,16). The molecule has 0 bridgehead atoms. The normalized spacial score (nSPS) is 11.6. The van der Waals surface area contributed by atoms with Crippen molar-refractivity contribution >= 4 is 5.91 Å². The van der Waals surface area contributed by atoms with Gasteiger partial charge in [0.2, 0.25) is 0 Å². The van der Waals surface area contributed by atoms with E-state index in [1.165, 1.54) is 0 Å². The quantitative estimate of drug-likeness (QED) is 0.806. The Morgan fingerprint density at radius 1 is 1.53 bits per heavy atom. The first-order valence-corrected chi connectivity index (χ1v) is 5.70. The SMILES string of the molecule is COCCNC(=O)c1cnn(C(C)(C)C)c1C. The van der Waals surface area contributed by atoms with Crippen LogP contribution in [0.5, 0.6) is 0 Å². The number of hydrogen-bond acceptors (Lipinski definition) is 3. The molecule has 1 aromatic rings. The van der Waals surface area contributed by atoms with E-state index >= 15 is 0 Å². The lowest BCUT2D eigenvalue weighted by molar-refractivity contribution is 0.0936. The number of aromatic nitrogens is 2. The smallest absolute Gasteiger partial charge is 0.254 e. The van der Waals surface area contributed by atoms with Crippen LogP contribution in [0.2, 0.25) is 0 Å². The van der Waals surface area contributed by atoms with Gasteiger partial charge >= 0.3 is 0 Å². The van der Waals surface area contributed by atoms with Gasteiger partial charge in [0.15, 0.2) is 0 Å². The molecule has 1 rings (SSSR count). The summed E-state index contributed by atoms with van der Waals surface area (Å²) in [4.78, 5) is 11.9. The van der Waals surface area contributed by atoms with Gasteiger partial charge in [-0.3, -0.25) is 9.48 Å². The molecule has 0 saturated heterocycles. The van der Waals surface area contributed by atoms with Crippen molar-refractivity contribution in [3.8, 4) is 0 Å². The van der Waals surface area contributed by atoms with Crippen LogP contribution in [0, 0.1) is 6.92 Å². The summed E-state index contributed by atoms with van der Waals surface area (Å²) in [7, 11) is 1.61. The van der Waals surface area contributed by atoms with Crippen LogP contribution in [0.15, 0.2) is 6.20 Å². The van der Waals surface area contributed by atoms with Crippen molar-refractivity contribution in [3.63, 3.8) is 0 Å². The second-order valence-electron chi connectivity index (χ2n) is 4.97. The number of nitrogens with one attached hydrogen (secondary N) is 1. The molecule has 0 atom stereocenters. The summed E-state index contributed by atoms with van der Waals surface area (Å²) in [6.07, 6.45) is 1.61. The monoisotopic (exact) mass is 239 g/mol. The first-order valence-electron chi connectivity index (χ1n) is 5.70. The van der Waals surface area contributed by atoms with E-state index in [1.54, 1.807) is 13.3 Å². The van der Waals surface area contributed by atoms with Gasteiger partial charge in [-0.2, -0.15) is 5.10 Å². The summed E-state index contributed by atoms with van der Waals surface area (Å²) in [5.41, 5.74) is 1.39. The van der Waals surface area contributed by atoms with Gasteiger partial charge < -0.3 is 10.1 Å². The highest BCUT2D eigenvalue weighted by molar-refractivity contribution is 5.95. The Morgan fingerprint density at radius 3 is 2.65 bits per heavy atom.